The molecule has 0 atom stereocenters. The molecule has 0 aromatic heterocycles. The Morgan fingerprint density at radius 2 is 1.71 bits per heavy atom. The van der Waals surface area contributed by atoms with Crippen molar-refractivity contribution in [2.75, 3.05) is 24.4 Å². The number of rotatable bonds is 8. The molecule has 0 aliphatic carbocycles. The van der Waals surface area contributed by atoms with Crippen molar-refractivity contribution >= 4 is 40.9 Å². The minimum atomic E-state index is -0.521. The standard InChI is InChI=1S/C26H22ClN3O4/c1-17-7-3-5-9-21(17)30-26(32)19(15-28)13-18-11-12-23(24(14-18)33-2)34-16-25(31)29-22-10-6-4-8-20(22)27/h3-14H,16H2,1-2H3,(H,29,31)(H,30,32)/b19-13+. The normalized spacial score (nSPS) is 10.7. The zero-order valence-electron chi connectivity index (χ0n) is 18.6. The molecule has 0 unspecified atom stereocenters. The summed E-state index contributed by atoms with van der Waals surface area (Å²) in [5.41, 5.74) is 2.48. The molecule has 0 saturated heterocycles. The number of benzene rings is 3. The van der Waals surface area contributed by atoms with Crippen LogP contribution in [0.2, 0.25) is 5.02 Å². The Morgan fingerprint density at radius 3 is 2.38 bits per heavy atom. The highest BCUT2D eigenvalue weighted by Crippen LogP contribution is 2.29. The summed E-state index contributed by atoms with van der Waals surface area (Å²) in [6, 6.07) is 21.0. The third-order valence-electron chi connectivity index (χ3n) is 4.76. The van der Waals surface area contributed by atoms with Gasteiger partial charge >= 0.3 is 0 Å². The van der Waals surface area contributed by atoms with Gasteiger partial charge in [0.25, 0.3) is 11.8 Å². The summed E-state index contributed by atoms with van der Waals surface area (Å²) < 4.78 is 10.9. The summed E-state index contributed by atoms with van der Waals surface area (Å²) >= 11 is 6.05. The number of nitriles is 1. The van der Waals surface area contributed by atoms with Gasteiger partial charge in [0.2, 0.25) is 0 Å². The number of anilines is 2. The van der Waals surface area contributed by atoms with Crippen molar-refractivity contribution in [3.8, 4) is 17.6 Å². The topological polar surface area (TPSA) is 100 Å². The van der Waals surface area contributed by atoms with E-state index in [-0.39, 0.29) is 12.2 Å². The lowest BCUT2D eigenvalue weighted by Gasteiger charge is -2.12. The van der Waals surface area contributed by atoms with Crippen LogP contribution in [0.15, 0.2) is 72.3 Å². The quantitative estimate of drug-likeness (QED) is 0.343. The highest BCUT2D eigenvalue weighted by Gasteiger charge is 2.13. The van der Waals surface area contributed by atoms with Gasteiger partial charge in [0.1, 0.15) is 11.6 Å². The first-order valence-corrected chi connectivity index (χ1v) is 10.6. The molecule has 0 saturated carbocycles. The van der Waals surface area contributed by atoms with Gasteiger partial charge in [-0.15, -0.1) is 0 Å². The first kappa shape index (κ1) is 24.4. The molecule has 0 bridgehead atoms. The predicted molar refractivity (Wildman–Crippen MR) is 132 cm³/mol. The van der Waals surface area contributed by atoms with Crippen LogP contribution in [-0.2, 0) is 9.59 Å². The Hall–Kier alpha value is -4.28. The van der Waals surface area contributed by atoms with E-state index in [0.29, 0.717) is 33.5 Å². The number of nitrogens with zero attached hydrogens (tertiary/aromatic N) is 1. The Bertz CT molecular complexity index is 1280. The zero-order valence-corrected chi connectivity index (χ0v) is 19.3. The average molecular weight is 476 g/mol. The first-order chi connectivity index (χ1) is 16.4. The number of nitrogens with one attached hydrogen (secondary N) is 2. The molecule has 172 valence electrons. The number of carbonyl (C=O) groups excluding carboxylic acids is 2. The number of para-hydroxylation sites is 2. The summed E-state index contributed by atoms with van der Waals surface area (Å²) in [5.74, 6) is -0.237. The number of carbonyl (C=O) groups is 2. The van der Waals surface area contributed by atoms with E-state index >= 15 is 0 Å². The third-order valence-corrected chi connectivity index (χ3v) is 5.09. The van der Waals surface area contributed by atoms with Gasteiger partial charge < -0.3 is 20.1 Å². The molecule has 3 rings (SSSR count). The van der Waals surface area contributed by atoms with Gasteiger partial charge in [0.15, 0.2) is 18.1 Å². The molecule has 7 nitrogen and oxygen atoms in total. The lowest BCUT2D eigenvalue weighted by atomic mass is 10.1. The molecule has 0 spiro atoms. The van der Waals surface area contributed by atoms with Gasteiger partial charge in [0.05, 0.1) is 17.8 Å². The highest BCUT2D eigenvalue weighted by molar-refractivity contribution is 6.33. The van der Waals surface area contributed by atoms with Gasteiger partial charge in [-0.3, -0.25) is 9.59 Å². The van der Waals surface area contributed by atoms with Crippen LogP contribution >= 0.6 is 11.6 Å². The number of ether oxygens (including phenoxy) is 2. The molecule has 34 heavy (non-hydrogen) atoms. The van der Waals surface area contributed by atoms with Crippen LogP contribution in [0.5, 0.6) is 11.5 Å². The molecule has 0 heterocycles. The minimum Gasteiger partial charge on any atom is -0.493 e. The van der Waals surface area contributed by atoms with Crippen LogP contribution in [0.3, 0.4) is 0 Å². The van der Waals surface area contributed by atoms with E-state index in [4.69, 9.17) is 21.1 Å². The van der Waals surface area contributed by atoms with Gasteiger partial charge in [-0.1, -0.05) is 48.0 Å². The SMILES string of the molecule is COc1cc(/C=C(\C#N)C(=O)Nc2ccccc2C)ccc1OCC(=O)Nc1ccccc1Cl. The molecule has 2 amide bonds. The maximum atomic E-state index is 12.6. The Kier molecular flexibility index (Phi) is 8.27. The van der Waals surface area contributed by atoms with Crippen LogP contribution < -0.4 is 20.1 Å². The molecule has 0 aliphatic heterocycles. The second-order valence-corrected chi connectivity index (χ2v) is 7.57. The van der Waals surface area contributed by atoms with Crippen molar-refractivity contribution < 1.29 is 19.1 Å². The van der Waals surface area contributed by atoms with E-state index < -0.39 is 11.8 Å². The van der Waals surface area contributed by atoms with Crippen molar-refractivity contribution in [1.82, 2.24) is 0 Å². The number of aryl methyl sites for hydroxylation is 1. The average Bonchev–Trinajstić information content (AvgIpc) is 2.84. The number of methoxy groups -OCH3 is 1. The molecule has 0 fully saturated rings. The van der Waals surface area contributed by atoms with Crippen LogP contribution in [0.25, 0.3) is 6.08 Å². The summed E-state index contributed by atoms with van der Waals surface area (Å²) in [5, 5.41) is 15.3. The maximum Gasteiger partial charge on any atom is 0.266 e. The monoisotopic (exact) mass is 475 g/mol. The molecule has 8 heteroatoms. The summed E-state index contributed by atoms with van der Waals surface area (Å²) in [4.78, 5) is 24.8. The van der Waals surface area contributed by atoms with Crippen molar-refractivity contribution in [3.05, 3.63) is 88.5 Å². The fourth-order valence-electron chi connectivity index (χ4n) is 3.00. The molecular formula is C26H22ClN3O4. The number of hydrogen-bond acceptors (Lipinski definition) is 5. The number of halogens is 1. The first-order valence-electron chi connectivity index (χ1n) is 10.2. The van der Waals surface area contributed by atoms with Crippen LogP contribution in [-0.4, -0.2) is 25.5 Å². The van der Waals surface area contributed by atoms with Crippen molar-refractivity contribution in [3.63, 3.8) is 0 Å². The summed E-state index contributed by atoms with van der Waals surface area (Å²) in [6.45, 7) is 1.60. The minimum absolute atomic E-state index is 0.0712. The van der Waals surface area contributed by atoms with Gasteiger partial charge in [-0.2, -0.15) is 5.26 Å². The smallest absolute Gasteiger partial charge is 0.266 e. The number of hydrogen-bond donors (Lipinski definition) is 2. The van der Waals surface area contributed by atoms with Crippen LogP contribution in [0.1, 0.15) is 11.1 Å². The predicted octanol–water partition coefficient (Wildman–Crippen LogP) is 5.22. The van der Waals surface area contributed by atoms with Crippen molar-refractivity contribution in [1.29, 1.82) is 5.26 Å². The van der Waals surface area contributed by atoms with Gasteiger partial charge in [-0.25, -0.2) is 0 Å². The number of amides is 2. The zero-order chi connectivity index (χ0) is 24.5. The molecular weight excluding hydrogens is 454 g/mol. The molecule has 3 aromatic carbocycles. The lowest BCUT2D eigenvalue weighted by Crippen LogP contribution is -2.20. The summed E-state index contributed by atoms with van der Waals surface area (Å²) in [7, 11) is 1.45. The van der Waals surface area contributed by atoms with E-state index in [1.165, 1.54) is 13.2 Å². The Labute approximate surface area is 202 Å². The van der Waals surface area contributed by atoms with Crippen LogP contribution in [0.4, 0.5) is 11.4 Å². The fraction of sp³-hybridized carbons (Fsp3) is 0.115. The highest BCUT2D eigenvalue weighted by atomic mass is 35.5. The maximum absolute atomic E-state index is 12.6. The molecule has 3 aromatic rings. The van der Waals surface area contributed by atoms with Gasteiger partial charge in [-0.05, 0) is 54.5 Å². The van der Waals surface area contributed by atoms with Gasteiger partial charge in [0, 0.05) is 5.69 Å². The third kappa shape index (κ3) is 6.37. The fourth-order valence-corrected chi connectivity index (χ4v) is 3.19. The van der Waals surface area contributed by atoms with E-state index in [1.54, 1.807) is 54.6 Å². The van der Waals surface area contributed by atoms with E-state index in [9.17, 15) is 14.9 Å². The largest absolute Gasteiger partial charge is 0.493 e. The van der Waals surface area contributed by atoms with E-state index in [1.807, 2.05) is 25.1 Å². The summed E-state index contributed by atoms with van der Waals surface area (Å²) in [6.07, 6.45) is 1.45. The van der Waals surface area contributed by atoms with Crippen molar-refractivity contribution in [2.24, 2.45) is 0 Å². The second-order valence-electron chi connectivity index (χ2n) is 7.17. The molecule has 2 N–H and O–H groups in total. The Morgan fingerprint density at radius 1 is 1.00 bits per heavy atom. The lowest BCUT2D eigenvalue weighted by molar-refractivity contribution is -0.118. The van der Waals surface area contributed by atoms with Crippen LogP contribution in [0, 0.1) is 18.3 Å². The second kappa shape index (κ2) is 11.5. The van der Waals surface area contributed by atoms with Crippen molar-refractivity contribution in [2.45, 2.75) is 6.92 Å². The Balaban J connectivity index is 1.69. The van der Waals surface area contributed by atoms with E-state index in [0.717, 1.165) is 5.56 Å². The molecule has 0 radical (unpaired) electrons. The molecule has 0 aliphatic rings. The van der Waals surface area contributed by atoms with E-state index in [2.05, 4.69) is 10.6 Å².